The Morgan fingerprint density at radius 2 is 1.39 bits per heavy atom. The molecule has 2 atom stereocenters. The zero-order valence-corrected chi connectivity index (χ0v) is 9.58. The number of benzene rings is 2. The van der Waals surface area contributed by atoms with Crippen LogP contribution >= 0.6 is 0 Å². The molecule has 3 nitrogen and oxygen atoms in total. The van der Waals surface area contributed by atoms with Gasteiger partial charge in [-0.25, -0.2) is 4.90 Å². The van der Waals surface area contributed by atoms with Crippen molar-refractivity contribution >= 4 is 11.4 Å². The van der Waals surface area contributed by atoms with Gasteiger partial charge in [-0.05, 0) is 12.1 Å². The molecule has 4 rings (SSSR count). The molecular formula is C15H10N2O. The number of ether oxygens (including phenoxy) is 1. The number of anilines is 2. The zero-order chi connectivity index (χ0) is 12.1. The van der Waals surface area contributed by atoms with Gasteiger partial charge in [0.2, 0.25) is 0 Å². The predicted octanol–water partition coefficient (Wildman–Crippen LogP) is 3.43. The minimum Gasteiger partial charge on any atom is -0.359 e. The second-order valence-electron chi connectivity index (χ2n) is 4.53. The van der Waals surface area contributed by atoms with Crippen molar-refractivity contribution in [3.63, 3.8) is 0 Å². The first-order chi connectivity index (χ1) is 8.90. The molecule has 0 spiro atoms. The van der Waals surface area contributed by atoms with Crippen molar-refractivity contribution in [3.8, 4) is 6.19 Å². The van der Waals surface area contributed by atoms with Gasteiger partial charge in [0.1, 0.15) is 12.2 Å². The standard InChI is InChI=1S/C15H10N2O/c16-9-17-12-7-3-1-5-10(12)14-15(18-14)11-6-2-4-8-13(11)17/h1-8,14-15H. The first-order valence-corrected chi connectivity index (χ1v) is 5.93. The van der Waals surface area contributed by atoms with Crippen LogP contribution in [0.4, 0.5) is 11.4 Å². The molecule has 1 saturated heterocycles. The number of rotatable bonds is 0. The largest absolute Gasteiger partial charge is 0.359 e. The van der Waals surface area contributed by atoms with E-state index in [4.69, 9.17) is 4.74 Å². The maximum atomic E-state index is 9.45. The number of para-hydroxylation sites is 2. The van der Waals surface area contributed by atoms with E-state index in [1.807, 2.05) is 48.5 Å². The average molecular weight is 234 g/mol. The van der Waals surface area contributed by atoms with Crippen LogP contribution in [0.15, 0.2) is 48.5 Å². The van der Waals surface area contributed by atoms with Gasteiger partial charge in [0.05, 0.1) is 11.4 Å². The first kappa shape index (κ1) is 9.69. The quantitative estimate of drug-likeness (QED) is 0.518. The summed E-state index contributed by atoms with van der Waals surface area (Å²) in [4.78, 5) is 1.69. The summed E-state index contributed by atoms with van der Waals surface area (Å²) in [6.07, 6.45) is 2.47. The molecule has 0 bridgehead atoms. The van der Waals surface area contributed by atoms with Crippen LogP contribution in [-0.4, -0.2) is 0 Å². The number of fused-ring (bicyclic) bond motifs is 5. The normalized spacial score (nSPS) is 23.2. The Morgan fingerprint density at radius 1 is 0.889 bits per heavy atom. The summed E-state index contributed by atoms with van der Waals surface area (Å²) in [5.74, 6) is 0. The van der Waals surface area contributed by atoms with Gasteiger partial charge in [0.25, 0.3) is 0 Å². The molecule has 3 heteroatoms. The highest BCUT2D eigenvalue weighted by atomic mass is 16.6. The van der Waals surface area contributed by atoms with E-state index in [-0.39, 0.29) is 12.2 Å². The number of nitrogens with zero attached hydrogens (tertiary/aromatic N) is 2. The first-order valence-electron chi connectivity index (χ1n) is 5.93. The van der Waals surface area contributed by atoms with E-state index in [1.165, 1.54) is 0 Å². The van der Waals surface area contributed by atoms with E-state index in [1.54, 1.807) is 4.90 Å². The van der Waals surface area contributed by atoms with E-state index in [2.05, 4.69) is 6.19 Å². The van der Waals surface area contributed by atoms with Crippen LogP contribution in [0.5, 0.6) is 0 Å². The summed E-state index contributed by atoms with van der Waals surface area (Å²) in [5, 5.41) is 9.45. The van der Waals surface area contributed by atoms with E-state index in [0.717, 1.165) is 22.5 Å². The summed E-state index contributed by atoms with van der Waals surface area (Å²) >= 11 is 0. The Kier molecular flexibility index (Phi) is 1.80. The van der Waals surface area contributed by atoms with Crippen LogP contribution in [0.1, 0.15) is 23.3 Å². The molecule has 1 fully saturated rings. The number of hydrogen-bond donors (Lipinski definition) is 0. The second kappa shape index (κ2) is 3.34. The van der Waals surface area contributed by atoms with E-state index in [9.17, 15) is 5.26 Å². The highest BCUT2D eigenvalue weighted by Gasteiger charge is 2.47. The van der Waals surface area contributed by atoms with Crippen LogP contribution < -0.4 is 4.90 Å². The minimum absolute atomic E-state index is 0.0979. The van der Waals surface area contributed by atoms with Gasteiger partial charge in [-0.2, -0.15) is 5.26 Å². The van der Waals surface area contributed by atoms with Crippen LogP contribution in [0.3, 0.4) is 0 Å². The van der Waals surface area contributed by atoms with Gasteiger partial charge in [0, 0.05) is 11.1 Å². The molecule has 2 aliphatic rings. The van der Waals surface area contributed by atoms with E-state index >= 15 is 0 Å². The molecule has 2 heterocycles. The monoisotopic (exact) mass is 234 g/mol. The Bertz CT molecular complexity index is 623. The third-order valence-electron chi connectivity index (χ3n) is 3.56. The van der Waals surface area contributed by atoms with Crippen molar-refractivity contribution in [1.82, 2.24) is 0 Å². The van der Waals surface area contributed by atoms with Crippen LogP contribution in [0.2, 0.25) is 0 Å². The Hall–Kier alpha value is -2.31. The molecule has 2 unspecified atom stereocenters. The molecular weight excluding hydrogens is 224 g/mol. The predicted molar refractivity (Wildman–Crippen MR) is 67.2 cm³/mol. The maximum absolute atomic E-state index is 9.45. The van der Waals surface area contributed by atoms with Gasteiger partial charge < -0.3 is 4.74 Å². The molecule has 2 aromatic rings. The maximum Gasteiger partial charge on any atom is 0.189 e. The average Bonchev–Trinajstić information content (AvgIpc) is 3.20. The van der Waals surface area contributed by atoms with Crippen molar-refractivity contribution in [2.45, 2.75) is 12.2 Å². The smallest absolute Gasteiger partial charge is 0.189 e. The van der Waals surface area contributed by atoms with Crippen LogP contribution in [-0.2, 0) is 4.74 Å². The molecule has 2 aliphatic heterocycles. The summed E-state index contributed by atoms with van der Waals surface area (Å²) in [5.41, 5.74) is 4.05. The van der Waals surface area contributed by atoms with Crippen molar-refractivity contribution < 1.29 is 4.74 Å². The van der Waals surface area contributed by atoms with Crippen molar-refractivity contribution in [2.75, 3.05) is 4.90 Å². The fourth-order valence-electron chi connectivity index (χ4n) is 2.69. The highest BCUT2D eigenvalue weighted by Crippen LogP contribution is 2.58. The molecule has 86 valence electrons. The van der Waals surface area contributed by atoms with E-state index in [0.29, 0.717) is 0 Å². The molecule has 0 aromatic heterocycles. The number of epoxide rings is 1. The fourth-order valence-corrected chi connectivity index (χ4v) is 2.69. The minimum atomic E-state index is 0.0979. The topological polar surface area (TPSA) is 39.6 Å². The zero-order valence-electron chi connectivity index (χ0n) is 9.58. The lowest BCUT2D eigenvalue weighted by Crippen LogP contribution is -2.11. The molecule has 18 heavy (non-hydrogen) atoms. The Balaban J connectivity index is 2.02. The molecule has 0 N–H and O–H groups in total. The molecule has 2 aromatic carbocycles. The summed E-state index contributed by atoms with van der Waals surface area (Å²) in [7, 11) is 0. The van der Waals surface area contributed by atoms with Gasteiger partial charge in [-0.3, -0.25) is 0 Å². The van der Waals surface area contributed by atoms with Crippen molar-refractivity contribution in [2.24, 2.45) is 0 Å². The molecule has 0 aliphatic carbocycles. The van der Waals surface area contributed by atoms with Crippen molar-refractivity contribution in [1.29, 1.82) is 5.26 Å². The summed E-state index contributed by atoms with van der Waals surface area (Å²) in [6.45, 7) is 0. The van der Waals surface area contributed by atoms with Gasteiger partial charge in [0.15, 0.2) is 6.19 Å². The third kappa shape index (κ3) is 1.15. The number of hydrogen-bond acceptors (Lipinski definition) is 3. The lowest BCUT2D eigenvalue weighted by Gasteiger charge is -2.18. The van der Waals surface area contributed by atoms with Gasteiger partial charge in [-0.1, -0.05) is 36.4 Å². The van der Waals surface area contributed by atoms with Crippen molar-refractivity contribution in [3.05, 3.63) is 59.7 Å². The Labute approximate surface area is 105 Å². The van der Waals surface area contributed by atoms with E-state index < -0.39 is 0 Å². The Morgan fingerprint density at radius 3 is 1.89 bits per heavy atom. The lowest BCUT2D eigenvalue weighted by atomic mass is 10.0. The highest BCUT2D eigenvalue weighted by molar-refractivity contribution is 5.76. The summed E-state index contributed by atoms with van der Waals surface area (Å²) < 4.78 is 5.77. The molecule has 0 amide bonds. The molecule has 0 saturated carbocycles. The van der Waals surface area contributed by atoms with Crippen LogP contribution in [0, 0.1) is 11.5 Å². The van der Waals surface area contributed by atoms with Crippen LogP contribution in [0.25, 0.3) is 0 Å². The number of nitriles is 1. The SMILES string of the molecule is N#CN1c2ccccc2C2OC2c2ccccc21. The third-order valence-corrected chi connectivity index (χ3v) is 3.56. The summed E-state index contributed by atoms with van der Waals surface area (Å²) in [6, 6.07) is 15.9. The second-order valence-corrected chi connectivity index (χ2v) is 4.53. The molecule has 0 radical (unpaired) electrons. The van der Waals surface area contributed by atoms with Gasteiger partial charge >= 0.3 is 0 Å². The lowest BCUT2D eigenvalue weighted by molar-refractivity contribution is 0.377. The fraction of sp³-hybridized carbons (Fsp3) is 0.133. The van der Waals surface area contributed by atoms with Gasteiger partial charge in [-0.15, -0.1) is 0 Å².